The second-order valence-electron chi connectivity index (χ2n) is 5.21. The van der Waals surface area contributed by atoms with Crippen molar-refractivity contribution in [3.05, 3.63) is 29.8 Å². The maximum absolute atomic E-state index is 11.8. The highest BCUT2D eigenvalue weighted by molar-refractivity contribution is 5.97. The summed E-state index contributed by atoms with van der Waals surface area (Å²) < 4.78 is 0. The number of hydrogen-bond donors (Lipinski definition) is 3. The molecule has 1 unspecified atom stereocenters. The van der Waals surface area contributed by atoms with Gasteiger partial charge in [-0.2, -0.15) is 0 Å². The topological polar surface area (TPSA) is 84.2 Å². The van der Waals surface area contributed by atoms with E-state index in [1.54, 1.807) is 24.3 Å². The molecule has 4 N–H and O–H groups in total. The van der Waals surface area contributed by atoms with Gasteiger partial charge in [0, 0.05) is 17.3 Å². The number of carbonyl (C=O) groups excluding carboxylic acids is 2. The van der Waals surface area contributed by atoms with Crippen molar-refractivity contribution in [3.63, 3.8) is 0 Å². The first-order valence-corrected chi connectivity index (χ1v) is 7.07. The molecular weight excluding hydrogens is 290 g/mol. The summed E-state index contributed by atoms with van der Waals surface area (Å²) in [4.78, 5) is 23.6. The van der Waals surface area contributed by atoms with E-state index in [-0.39, 0.29) is 24.2 Å². The predicted octanol–water partition coefficient (Wildman–Crippen LogP) is 2.07. The van der Waals surface area contributed by atoms with Crippen LogP contribution in [-0.4, -0.2) is 23.9 Å². The standard InChI is InChI=1S/C15H21N3O2.ClH/c1-2-3-13(16)15(20)18-11-6-4-10(5-7-11)14(19)17-12-8-9-12;/h4-7,12-13H,2-3,8-9,16H2,1H3,(H,17,19)(H,18,20);1H. The van der Waals surface area contributed by atoms with E-state index >= 15 is 0 Å². The van der Waals surface area contributed by atoms with Gasteiger partial charge in [0.25, 0.3) is 5.91 Å². The second-order valence-corrected chi connectivity index (χ2v) is 5.21. The van der Waals surface area contributed by atoms with Crippen LogP contribution in [0.15, 0.2) is 24.3 Å². The van der Waals surface area contributed by atoms with E-state index in [2.05, 4.69) is 10.6 Å². The van der Waals surface area contributed by atoms with Crippen molar-refractivity contribution in [1.82, 2.24) is 5.32 Å². The van der Waals surface area contributed by atoms with Gasteiger partial charge in [0.1, 0.15) is 0 Å². The Kier molecular flexibility index (Phi) is 6.65. The van der Waals surface area contributed by atoms with Gasteiger partial charge in [-0.05, 0) is 43.5 Å². The Morgan fingerprint density at radius 3 is 2.43 bits per heavy atom. The van der Waals surface area contributed by atoms with E-state index in [4.69, 9.17) is 5.73 Å². The Balaban J connectivity index is 0.00000220. The summed E-state index contributed by atoms with van der Waals surface area (Å²) in [5.41, 5.74) is 7.00. The SMILES string of the molecule is CCCC(N)C(=O)Nc1ccc(C(=O)NC2CC2)cc1.Cl. The summed E-state index contributed by atoms with van der Waals surface area (Å²) >= 11 is 0. The van der Waals surface area contributed by atoms with Crippen LogP contribution in [0.3, 0.4) is 0 Å². The van der Waals surface area contributed by atoms with Gasteiger partial charge >= 0.3 is 0 Å². The zero-order valence-corrected chi connectivity index (χ0v) is 12.9. The summed E-state index contributed by atoms with van der Waals surface area (Å²) in [6.07, 6.45) is 3.66. The number of nitrogens with one attached hydrogen (secondary N) is 2. The third-order valence-corrected chi connectivity index (χ3v) is 3.26. The van der Waals surface area contributed by atoms with Gasteiger partial charge in [-0.1, -0.05) is 13.3 Å². The Morgan fingerprint density at radius 2 is 1.90 bits per heavy atom. The quantitative estimate of drug-likeness (QED) is 0.752. The molecule has 0 aromatic heterocycles. The molecule has 5 nitrogen and oxygen atoms in total. The summed E-state index contributed by atoms with van der Waals surface area (Å²) in [5, 5.41) is 5.67. The summed E-state index contributed by atoms with van der Waals surface area (Å²) in [6.45, 7) is 1.99. The lowest BCUT2D eigenvalue weighted by atomic mass is 10.1. The van der Waals surface area contributed by atoms with E-state index in [1.165, 1.54) is 0 Å². The average molecular weight is 312 g/mol. The van der Waals surface area contributed by atoms with Crippen molar-refractivity contribution in [3.8, 4) is 0 Å². The number of carbonyl (C=O) groups is 2. The molecule has 1 saturated carbocycles. The van der Waals surface area contributed by atoms with Crippen LogP contribution in [-0.2, 0) is 4.79 Å². The predicted molar refractivity (Wildman–Crippen MR) is 85.7 cm³/mol. The third-order valence-electron chi connectivity index (χ3n) is 3.26. The molecule has 1 fully saturated rings. The third kappa shape index (κ3) is 5.36. The lowest BCUT2D eigenvalue weighted by Gasteiger charge is -2.11. The molecule has 0 aliphatic heterocycles. The van der Waals surface area contributed by atoms with Crippen molar-refractivity contribution < 1.29 is 9.59 Å². The van der Waals surface area contributed by atoms with Crippen molar-refractivity contribution in [2.45, 2.75) is 44.7 Å². The van der Waals surface area contributed by atoms with Gasteiger partial charge in [0.05, 0.1) is 6.04 Å². The summed E-state index contributed by atoms with van der Waals surface area (Å²) in [5.74, 6) is -0.255. The van der Waals surface area contributed by atoms with Gasteiger partial charge in [0.2, 0.25) is 5.91 Å². The highest BCUT2D eigenvalue weighted by Crippen LogP contribution is 2.19. The lowest BCUT2D eigenvalue weighted by Crippen LogP contribution is -2.35. The first-order valence-electron chi connectivity index (χ1n) is 7.07. The van der Waals surface area contributed by atoms with Crippen molar-refractivity contribution in [2.75, 3.05) is 5.32 Å². The first kappa shape index (κ1) is 17.5. The zero-order valence-electron chi connectivity index (χ0n) is 12.1. The Labute approximate surface area is 131 Å². The molecule has 0 heterocycles. The molecule has 1 aliphatic carbocycles. The molecule has 21 heavy (non-hydrogen) atoms. The van der Waals surface area contributed by atoms with Crippen LogP contribution < -0.4 is 16.4 Å². The molecule has 0 radical (unpaired) electrons. The number of benzene rings is 1. The molecular formula is C15H22ClN3O2. The van der Waals surface area contributed by atoms with Gasteiger partial charge in [-0.3, -0.25) is 9.59 Å². The average Bonchev–Trinajstić information content (AvgIpc) is 3.23. The van der Waals surface area contributed by atoms with Crippen LogP contribution in [0.2, 0.25) is 0 Å². The van der Waals surface area contributed by atoms with Gasteiger partial charge in [-0.25, -0.2) is 0 Å². The summed E-state index contributed by atoms with van der Waals surface area (Å²) in [6, 6.07) is 6.71. The van der Waals surface area contributed by atoms with E-state index in [0.29, 0.717) is 23.7 Å². The molecule has 1 aromatic rings. The molecule has 1 atom stereocenters. The molecule has 2 amide bonds. The molecule has 6 heteroatoms. The smallest absolute Gasteiger partial charge is 0.251 e. The van der Waals surface area contributed by atoms with Crippen LogP contribution in [0.5, 0.6) is 0 Å². The molecule has 0 saturated heterocycles. The number of anilines is 1. The molecule has 1 aliphatic rings. The van der Waals surface area contributed by atoms with Crippen molar-refractivity contribution in [2.24, 2.45) is 5.73 Å². The molecule has 0 spiro atoms. The zero-order chi connectivity index (χ0) is 14.5. The van der Waals surface area contributed by atoms with Crippen molar-refractivity contribution >= 4 is 29.9 Å². The van der Waals surface area contributed by atoms with Crippen molar-refractivity contribution in [1.29, 1.82) is 0 Å². The van der Waals surface area contributed by atoms with Crippen LogP contribution in [0.4, 0.5) is 5.69 Å². The molecule has 0 bridgehead atoms. The fourth-order valence-corrected chi connectivity index (χ4v) is 1.88. The highest BCUT2D eigenvalue weighted by Gasteiger charge is 2.23. The number of amides is 2. The number of rotatable bonds is 6. The second kappa shape index (κ2) is 8.00. The van der Waals surface area contributed by atoms with Gasteiger partial charge < -0.3 is 16.4 Å². The van der Waals surface area contributed by atoms with E-state index in [9.17, 15) is 9.59 Å². The normalized spacial score (nSPS) is 14.8. The minimum Gasteiger partial charge on any atom is -0.349 e. The maximum Gasteiger partial charge on any atom is 0.251 e. The van der Waals surface area contributed by atoms with E-state index in [1.807, 2.05) is 6.92 Å². The summed E-state index contributed by atoms with van der Waals surface area (Å²) in [7, 11) is 0. The van der Waals surface area contributed by atoms with Crippen LogP contribution in [0.1, 0.15) is 43.0 Å². The van der Waals surface area contributed by atoms with Gasteiger partial charge in [0.15, 0.2) is 0 Å². The fourth-order valence-electron chi connectivity index (χ4n) is 1.88. The van der Waals surface area contributed by atoms with Crippen LogP contribution >= 0.6 is 12.4 Å². The number of halogens is 1. The maximum atomic E-state index is 11.8. The molecule has 2 rings (SSSR count). The van der Waals surface area contributed by atoms with Gasteiger partial charge in [-0.15, -0.1) is 12.4 Å². The number of nitrogens with two attached hydrogens (primary N) is 1. The minimum atomic E-state index is -0.488. The largest absolute Gasteiger partial charge is 0.349 e. The Bertz CT molecular complexity index is 486. The number of hydrogen-bond acceptors (Lipinski definition) is 3. The fraction of sp³-hybridized carbons (Fsp3) is 0.467. The lowest BCUT2D eigenvalue weighted by molar-refractivity contribution is -0.117. The first-order chi connectivity index (χ1) is 9.60. The Hall–Kier alpha value is -1.59. The minimum absolute atomic E-state index is 0. The monoisotopic (exact) mass is 311 g/mol. The van der Waals surface area contributed by atoms with Crippen LogP contribution in [0.25, 0.3) is 0 Å². The van der Waals surface area contributed by atoms with Crippen LogP contribution in [0, 0.1) is 0 Å². The highest BCUT2D eigenvalue weighted by atomic mass is 35.5. The molecule has 1 aromatic carbocycles. The molecule has 116 valence electrons. The Morgan fingerprint density at radius 1 is 1.29 bits per heavy atom. The van der Waals surface area contributed by atoms with E-state index < -0.39 is 6.04 Å². The van der Waals surface area contributed by atoms with E-state index in [0.717, 1.165) is 19.3 Å².